The lowest BCUT2D eigenvalue weighted by Gasteiger charge is -2.10. The average molecular weight is 353 g/mol. The summed E-state index contributed by atoms with van der Waals surface area (Å²) in [5.41, 5.74) is 1.01. The standard InChI is InChI=1S/C16H14BrFO3/c1-9(2)10-3-5-11(6-4-10)21-13-8-7-12(16(19)20)14(17)15(13)18/h3-9H,1-2H3,(H,19,20). The number of aromatic carboxylic acids is 1. The van der Waals surface area contributed by atoms with Gasteiger partial charge < -0.3 is 9.84 Å². The molecule has 0 heterocycles. The van der Waals surface area contributed by atoms with E-state index in [-0.39, 0.29) is 15.8 Å². The number of carboxylic acid groups (broad SMARTS) is 1. The van der Waals surface area contributed by atoms with E-state index in [0.717, 1.165) is 5.56 Å². The first-order valence-electron chi connectivity index (χ1n) is 6.39. The van der Waals surface area contributed by atoms with Crippen LogP contribution >= 0.6 is 15.9 Å². The summed E-state index contributed by atoms with van der Waals surface area (Å²) in [5, 5.41) is 8.92. The molecule has 0 fully saturated rings. The lowest BCUT2D eigenvalue weighted by Crippen LogP contribution is -2.00. The molecule has 0 spiro atoms. The van der Waals surface area contributed by atoms with Crippen LogP contribution in [0.25, 0.3) is 0 Å². The van der Waals surface area contributed by atoms with Crippen LogP contribution in [0, 0.1) is 5.82 Å². The second-order valence-corrected chi connectivity index (χ2v) is 5.66. The summed E-state index contributed by atoms with van der Waals surface area (Å²) in [5.74, 6) is -1.06. The van der Waals surface area contributed by atoms with Gasteiger partial charge in [-0.25, -0.2) is 9.18 Å². The third-order valence-corrected chi connectivity index (χ3v) is 3.83. The van der Waals surface area contributed by atoms with E-state index in [2.05, 4.69) is 29.8 Å². The van der Waals surface area contributed by atoms with Crippen LogP contribution in [0.2, 0.25) is 0 Å². The highest BCUT2D eigenvalue weighted by molar-refractivity contribution is 9.10. The van der Waals surface area contributed by atoms with E-state index in [0.29, 0.717) is 11.7 Å². The molecule has 0 aliphatic heterocycles. The highest BCUT2D eigenvalue weighted by Gasteiger charge is 2.17. The molecule has 0 saturated carbocycles. The van der Waals surface area contributed by atoms with Gasteiger partial charge in [0, 0.05) is 0 Å². The molecule has 2 aromatic rings. The molecule has 3 nitrogen and oxygen atoms in total. The van der Waals surface area contributed by atoms with Crippen molar-refractivity contribution in [2.75, 3.05) is 0 Å². The van der Waals surface area contributed by atoms with Crippen molar-refractivity contribution in [3.05, 3.63) is 57.8 Å². The Morgan fingerprint density at radius 2 is 1.81 bits per heavy atom. The van der Waals surface area contributed by atoms with Gasteiger partial charge in [0.1, 0.15) is 5.75 Å². The maximum atomic E-state index is 14.1. The molecule has 0 unspecified atom stereocenters. The monoisotopic (exact) mass is 352 g/mol. The number of benzene rings is 2. The summed E-state index contributed by atoms with van der Waals surface area (Å²) in [6.07, 6.45) is 0. The molecule has 2 aromatic carbocycles. The summed E-state index contributed by atoms with van der Waals surface area (Å²) in [6, 6.07) is 9.95. The summed E-state index contributed by atoms with van der Waals surface area (Å²) >= 11 is 2.94. The van der Waals surface area contributed by atoms with Crippen molar-refractivity contribution in [2.24, 2.45) is 0 Å². The second-order valence-electron chi connectivity index (χ2n) is 4.87. The molecular weight excluding hydrogens is 339 g/mol. The summed E-state index contributed by atoms with van der Waals surface area (Å²) in [4.78, 5) is 10.9. The minimum absolute atomic E-state index is 0.0239. The van der Waals surface area contributed by atoms with Gasteiger partial charge in [0.15, 0.2) is 11.6 Å². The molecule has 21 heavy (non-hydrogen) atoms. The Hall–Kier alpha value is -1.88. The van der Waals surface area contributed by atoms with Crippen LogP contribution in [0.15, 0.2) is 40.9 Å². The van der Waals surface area contributed by atoms with Crippen LogP contribution in [-0.4, -0.2) is 11.1 Å². The number of hydrogen-bond donors (Lipinski definition) is 1. The summed E-state index contributed by atoms with van der Waals surface area (Å²) in [6.45, 7) is 4.16. The average Bonchev–Trinajstić information content (AvgIpc) is 2.44. The van der Waals surface area contributed by atoms with Gasteiger partial charge in [0.25, 0.3) is 0 Å². The van der Waals surface area contributed by atoms with E-state index in [1.165, 1.54) is 12.1 Å². The zero-order chi connectivity index (χ0) is 15.6. The maximum absolute atomic E-state index is 14.1. The molecule has 0 aliphatic rings. The van der Waals surface area contributed by atoms with Crippen LogP contribution in [-0.2, 0) is 0 Å². The Bertz CT molecular complexity index is 666. The lowest BCUT2D eigenvalue weighted by atomic mass is 10.0. The third-order valence-electron chi connectivity index (χ3n) is 3.05. The topological polar surface area (TPSA) is 46.5 Å². The maximum Gasteiger partial charge on any atom is 0.336 e. The van der Waals surface area contributed by atoms with E-state index in [1.807, 2.05) is 12.1 Å². The Balaban J connectivity index is 2.27. The Morgan fingerprint density at radius 3 is 2.33 bits per heavy atom. The molecule has 110 valence electrons. The molecule has 0 atom stereocenters. The Labute approximate surface area is 130 Å². The third kappa shape index (κ3) is 3.42. The quantitative estimate of drug-likeness (QED) is 0.822. The fourth-order valence-corrected chi connectivity index (χ4v) is 2.32. The zero-order valence-corrected chi connectivity index (χ0v) is 13.1. The first-order valence-corrected chi connectivity index (χ1v) is 7.18. The van der Waals surface area contributed by atoms with Gasteiger partial charge >= 0.3 is 5.97 Å². The van der Waals surface area contributed by atoms with Crippen LogP contribution in [0.1, 0.15) is 35.7 Å². The van der Waals surface area contributed by atoms with E-state index >= 15 is 0 Å². The molecule has 0 radical (unpaired) electrons. The van der Waals surface area contributed by atoms with Gasteiger partial charge in [0.2, 0.25) is 0 Å². The van der Waals surface area contributed by atoms with Gasteiger partial charge in [0.05, 0.1) is 10.0 Å². The summed E-state index contributed by atoms with van der Waals surface area (Å²) in [7, 11) is 0. The number of halogens is 2. The van der Waals surface area contributed by atoms with E-state index in [1.54, 1.807) is 12.1 Å². The largest absolute Gasteiger partial charge is 0.478 e. The van der Waals surface area contributed by atoms with E-state index in [9.17, 15) is 9.18 Å². The molecule has 0 saturated heterocycles. The van der Waals surface area contributed by atoms with Crippen molar-refractivity contribution < 1.29 is 19.0 Å². The van der Waals surface area contributed by atoms with Crippen molar-refractivity contribution in [2.45, 2.75) is 19.8 Å². The van der Waals surface area contributed by atoms with Gasteiger partial charge in [-0.1, -0.05) is 26.0 Å². The van der Waals surface area contributed by atoms with Gasteiger partial charge in [-0.15, -0.1) is 0 Å². The number of hydrogen-bond acceptors (Lipinski definition) is 2. The first-order chi connectivity index (χ1) is 9.90. The molecule has 0 aliphatic carbocycles. The summed E-state index contributed by atoms with van der Waals surface area (Å²) < 4.78 is 19.4. The van der Waals surface area contributed by atoms with Crippen LogP contribution in [0.3, 0.4) is 0 Å². The van der Waals surface area contributed by atoms with Crippen molar-refractivity contribution in [1.29, 1.82) is 0 Å². The SMILES string of the molecule is CC(C)c1ccc(Oc2ccc(C(=O)O)c(Br)c2F)cc1. The van der Waals surface area contributed by atoms with Gasteiger partial charge in [-0.3, -0.25) is 0 Å². The van der Waals surface area contributed by atoms with Crippen molar-refractivity contribution in [3.63, 3.8) is 0 Å². The van der Waals surface area contributed by atoms with E-state index < -0.39 is 11.8 Å². The number of carboxylic acids is 1. The normalized spacial score (nSPS) is 10.7. The van der Waals surface area contributed by atoms with Crippen LogP contribution in [0.5, 0.6) is 11.5 Å². The molecular formula is C16H14BrFO3. The Kier molecular flexibility index (Phi) is 4.63. The van der Waals surface area contributed by atoms with Crippen molar-refractivity contribution in [3.8, 4) is 11.5 Å². The van der Waals surface area contributed by atoms with E-state index in [4.69, 9.17) is 9.84 Å². The molecule has 5 heteroatoms. The zero-order valence-electron chi connectivity index (χ0n) is 11.6. The predicted octanol–water partition coefficient (Wildman–Crippen LogP) is 5.20. The minimum atomic E-state index is -1.20. The second kappa shape index (κ2) is 6.26. The molecule has 0 aromatic heterocycles. The van der Waals surface area contributed by atoms with Gasteiger partial charge in [-0.2, -0.15) is 0 Å². The van der Waals surface area contributed by atoms with Gasteiger partial charge in [-0.05, 0) is 51.7 Å². The number of rotatable bonds is 4. The molecule has 1 N–H and O–H groups in total. The van der Waals surface area contributed by atoms with Crippen LogP contribution < -0.4 is 4.74 Å². The number of carbonyl (C=O) groups is 1. The highest BCUT2D eigenvalue weighted by Crippen LogP contribution is 2.32. The fourth-order valence-electron chi connectivity index (χ4n) is 1.82. The first kappa shape index (κ1) is 15.5. The molecule has 2 rings (SSSR count). The van der Waals surface area contributed by atoms with Crippen molar-refractivity contribution >= 4 is 21.9 Å². The predicted molar refractivity (Wildman–Crippen MR) is 81.7 cm³/mol. The highest BCUT2D eigenvalue weighted by atomic mass is 79.9. The number of ether oxygens (including phenoxy) is 1. The molecule has 0 amide bonds. The van der Waals surface area contributed by atoms with Crippen molar-refractivity contribution in [1.82, 2.24) is 0 Å². The minimum Gasteiger partial charge on any atom is -0.478 e. The Morgan fingerprint density at radius 1 is 1.19 bits per heavy atom. The lowest BCUT2D eigenvalue weighted by molar-refractivity contribution is 0.0695. The fraction of sp³-hybridized carbons (Fsp3) is 0.188. The molecule has 0 bridgehead atoms. The smallest absolute Gasteiger partial charge is 0.336 e. The van der Waals surface area contributed by atoms with Crippen LogP contribution in [0.4, 0.5) is 4.39 Å².